The van der Waals surface area contributed by atoms with E-state index in [0.717, 1.165) is 38.7 Å². The van der Waals surface area contributed by atoms with Crippen molar-refractivity contribution in [1.82, 2.24) is 0 Å². The van der Waals surface area contributed by atoms with Gasteiger partial charge in [0.2, 0.25) is 0 Å². The number of rotatable bonds is 26. The summed E-state index contributed by atoms with van der Waals surface area (Å²) < 4.78 is 33.9. The smallest absolute Gasteiger partial charge is 0.308 e. The molecule has 0 radical (unpaired) electrons. The lowest BCUT2D eigenvalue weighted by molar-refractivity contribution is -0.150. The maximum Gasteiger partial charge on any atom is 0.308 e. The Morgan fingerprint density at radius 1 is 0.625 bits per heavy atom. The SMILES string of the molecule is CCCCC(CC)C(=O)OCCOCCOCCOCCOCCOCCCCCCI. The van der Waals surface area contributed by atoms with Gasteiger partial charge in [-0.1, -0.05) is 62.1 Å². The van der Waals surface area contributed by atoms with Crippen LogP contribution in [-0.2, 0) is 33.2 Å². The van der Waals surface area contributed by atoms with Crippen molar-refractivity contribution < 1.29 is 33.2 Å². The number of hydrogen-bond donors (Lipinski definition) is 0. The molecular formula is C24H47IO7. The Morgan fingerprint density at radius 2 is 1.09 bits per heavy atom. The summed E-state index contributed by atoms with van der Waals surface area (Å²) >= 11 is 2.42. The van der Waals surface area contributed by atoms with Gasteiger partial charge in [-0.05, 0) is 30.1 Å². The predicted molar refractivity (Wildman–Crippen MR) is 136 cm³/mol. The topological polar surface area (TPSA) is 72.5 Å². The lowest BCUT2D eigenvalue weighted by Crippen LogP contribution is -2.20. The van der Waals surface area contributed by atoms with E-state index in [1.807, 2.05) is 6.92 Å². The molecule has 8 heteroatoms. The second kappa shape index (κ2) is 27.2. The van der Waals surface area contributed by atoms with Crippen molar-refractivity contribution in [1.29, 1.82) is 0 Å². The van der Waals surface area contributed by atoms with Crippen LogP contribution in [0.25, 0.3) is 0 Å². The Morgan fingerprint density at radius 3 is 1.56 bits per heavy atom. The van der Waals surface area contributed by atoms with E-state index < -0.39 is 0 Å². The maximum atomic E-state index is 11.9. The van der Waals surface area contributed by atoms with Gasteiger partial charge in [0, 0.05) is 6.61 Å². The Hall–Kier alpha value is -0.000000000000000222. The third kappa shape index (κ3) is 23.2. The van der Waals surface area contributed by atoms with Crippen molar-refractivity contribution in [2.75, 3.05) is 77.1 Å². The zero-order valence-electron chi connectivity index (χ0n) is 20.5. The van der Waals surface area contributed by atoms with Crippen LogP contribution in [0.4, 0.5) is 0 Å². The minimum Gasteiger partial charge on any atom is -0.463 e. The lowest BCUT2D eigenvalue weighted by atomic mass is 10.00. The van der Waals surface area contributed by atoms with E-state index in [1.165, 1.54) is 23.7 Å². The first-order chi connectivity index (χ1) is 15.8. The Bertz CT molecular complexity index is 385. The molecule has 0 aromatic heterocycles. The number of esters is 1. The van der Waals surface area contributed by atoms with E-state index in [-0.39, 0.29) is 11.9 Å². The fourth-order valence-electron chi connectivity index (χ4n) is 2.89. The van der Waals surface area contributed by atoms with E-state index in [9.17, 15) is 4.79 Å². The summed E-state index contributed by atoms with van der Waals surface area (Å²) in [6.45, 7) is 10.1. The molecular weight excluding hydrogens is 527 g/mol. The summed E-state index contributed by atoms with van der Waals surface area (Å²) in [5.41, 5.74) is 0. The summed E-state index contributed by atoms with van der Waals surface area (Å²) in [6.07, 6.45) is 8.88. The van der Waals surface area contributed by atoms with Gasteiger partial charge in [-0.15, -0.1) is 0 Å². The zero-order chi connectivity index (χ0) is 23.5. The summed E-state index contributed by atoms with van der Waals surface area (Å²) in [7, 11) is 0. The zero-order valence-corrected chi connectivity index (χ0v) is 22.6. The molecule has 7 nitrogen and oxygen atoms in total. The van der Waals surface area contributed by atoms with Gasteiger partial charge in [-0.2, -0.15) is 0 Å². The molecule has 192 valence electrons. The molecule has 0 aliphatic rings. The van der Waals surface area contributed by atoms with Gasteiger partial charge < -0.3 is 28.4 Å². The highest BCUT2D eigenvalue weighted by Crippen LogP contribution is 2.14. The normalized spacial score (nSPS) is 12.2. The van der Waals surface area contributed by atoms with Crippen LogP contribution < -0.4 is 0 Å². The van der Waals surface area contributed by atoms with Crippen LogP contribution in [0.2, 0.25) is 0 Å². The van der Waals surface area contributed by atoms with Crippen molar-refractivity contribution in [3.63, 3.8) is 0 Å². The minimum atomic E-state index is -0.105. The molecule has 0 amide bonds. The third-order valence-electron chi connectivity index (χ3n) is 4.86. The highest BCUT2D eigenvalue weighted by atomic mass is 127. The molecule has 0 heterocycles. The first-order valence-electron chi connectivity index (χ1n) is 12.4. The average molecular weight is 575 g/mol. The monoisotopic (exact) mass is 574 g/mol. The molecule has 0 rings (SSSR count). The molecule has 0 aliphatic heterocycles. The number of ether oxygens (including phenoxy) is 6. The molecule has 0 saturated heterocycles. The fourth-order valence-corrected chi connectivity index (χ4v) is 3.43. The van der Waals surface area contributed by atoms with Crippen LogP contribution in [0.3, 0.4) is 0 Å². The Labute approximate surface area is 209 Å². The van der Waals surface area contributed by atoms with Crippen LogP contribution in [0.1, 0.15) is 65.2 Å². The maximum absolute atomic E-state index is 11.9. The molecule has 1 unspecified atom stereocenters. The molecule has 0 spiro atoms. The lowest BCUT2D eigenvalue weighted by Gasteiger charge is -2.13. The molecule has 0 N–H and O–H groups in total. The fraction of sp³-hybridized carbons (Fsp3) is 0.958. The van der Waals surface area contributed by atoms with Gasteiger partial charge in [-0.25, -0.2) is 0 Å². The standard InChI is InChI=1S/C24H47IO7/c1-3-5-10-23(4-2)24(26)32-22-21-31-20-19-30-18-17-29-16-15-28-14-13-27-12-9-7-6-8-11-25/h23H,3-22H2,1-2H3. The van der Waals surface area contributed by atoms with Gasteiger partial charge in [0.1, 0.15) is 6.61 Å². The van der Waals surface area contributed by atoms with Gasteiger partial charge in [0.05, 0.1) is 65.4 Å². The van der Waals surface area contributed by atoms with Gasteiger partial charge in [-0.3, -0.25) is 4.79 Å². The summed E-state index contributed by atoms with van der Waals surface area (Å²) in [5, 5.41) is 0. The van der Waals surface area contributed by atoms with E-state index >= 15 is 0 Å². The highest BCUT2D eigenvalue weighted by Gasteiger charge is 2.16. The Balaban J connectivity index is 3.20. The molecule has 0 fully saturated rings. The largest absolute Gasteiger partial charge is 0.463 e. The second-order valence-corrected chi connectivity index (χ2v) is 8.66. The highest BCUT2D eigenvalue weighted by molar-refractivity contribution is 14.1. The molecule has 0 aromatic carbocycles. The summed E-state index contributed by atoms with van der Waals surface area (Å²) in [5.74, 6) is -0.0889. The van der Waals surface area contributed by atoms with Crippen LogP contribution in [0.15, 0.2) is 0 Å². The van der Waals surface area contributed by atoms with Crippen molar-refractivity contribution in [3.05, 3.63) is 0 Å². The number of unbranched alkanes of at least 4 members (excludes halogenated alkanes) is 4. The van der Waals surface area contributed by atoms with E-state index in [2.05, 4.69) is 29.5 Å². The third-order valence-corrected chi connectivity index (χ3v) is 5.63. The molecule has 0 saturated carbocycles. The van der Waals surface area contributed by atoms with Crippen LogP contribution in [0.5, 0.6) is 0 Å². The van der Waals surface area contributed by atoms with Crippen molar-refractivity contribution >= 4 is 28.6 Å². The number of halogens is 1. The average Bonchev–Trinajstić information content (AvgIpc) is 2.80. The quantitative estimate of drug-likeness (QED) is 0.0635. The molecule has 1 atom stereocenters. The second-order valence-electron chi connectivity index (χ2n) is 7.58. The van der Waals surface area contributed by atoms with Crippen LogP contribution >= 0.6 is 22.6 Å². The summed E-state index contributed by atoms with van der Waals surface area (Å²) in [6, 6.07) is 0. The first kappa shape index (κ1) is 32.0. The van der Waals surface area contributed by atoms with Crippen LogP contribution in [0, 0.1) is 5.92 Å². The number of alkyl halides is 1. The number of carbonyl (C=O) groups is 1. The van der Waals surface area contributed by atoms with Gasteiger partial charge in [0.15, 0.2) is 0 Å². The van der Waals surface area contributed by atoms with E-state index in [1.54, 1.807) is 0 Å². The number of carbonyl (C=O) groups excluding carboxylic acids is 1. The minimum absolute atomic E-state index is 0.0157. The Kier molecular flexibility index (Phi) is 27.2. The molecule has 0 bridgehead atoms. The van der Waals surface area contributed by atoms with Crippen molar-refractivity contribution in [3.8, 4) is 0 Å². The predicted octanol–water partition coefficient (Wildman–Crippen LogP) is 4.82. The molecule has 0 aliphatic carbocycles. The van der Waals surface area contributed by atoms with Crippen LogP contribution in [-0.4, -0.2) is 83.1 Å². The van der Waals surface area contributed by atoms with Crippen molar-refractivity contribution in [2.45, 2.75) is 65.2 Å². The first-order valence-corrected chi connectivity index (χ1v) is 13.9. The van der Waals surface area contributed by atoms with E-state index in [0.29, 0.717) is 66.1 Å². The molecule has 0 aromatic rings. The summed E-state index contributed by atoms with van der Waals surface area (Å²) in [4.78, 5) is 11.9. The van der Waals surface area contributed by atoms with Crippen molar-refractivity contribution in [2.24, 2.45) is 5.92 Å². The van der Waals surface area contributed by atoms with Gasteiger partial charge in [0.25, 0.3) is 0 Å². The molecule has 32 heavy (non-hydrogen) atoms. The number of hydrogen-bond acceptors (Lipinski definition) is 7. The van der Waals surface area contributed by atoms with Gasteiger partial charge >= 0.3 is 5.97 Å². The van der Waals surface area contributed by atoms with E-state index in [4.69, 9.17) is 28.4 Å².